The quantitative estimate of drug-likeness (QED) is 0.0267. The van der Waals surface area contributed by atoms with Crippen molar-refractivity contribution >= 4 is 148 Å². The van der Waals surface area contributed by atoms with Crippen LogP contribution in [0, 0.1) is 5.82 Å². The molecule has 20 rings (SSSR count). The molecule has 0 aliphatic carbocycles. The number of aromatic hydroxyl groups is 1. The highest BCUT2D eigenvalue weighted by molar-refractivity contribution is 6.39. The molecule has 0 bridgehead atoms. The van der Waals surface area contributed by atoms with Crippen molar-refractivity contribution < 1.29 is 33.3 Å². The molecular formula is C87H79Cl4FN30O6. The first-order valence-electron chi connectivity index (χ1n) is 40.0. The summed E-state index contributed by atoms with van der Waals surface area (Å²) in [4.78, 5) is 42.1. The van der Waals surface area contributed by atoms with Crippen LogP contribution in [0.4, 0.5) is 50.9 Å². The maximum absolute atomic E-state index is 14.0. The summed E-state index contributed by atoms with van der Waals surface area (Å²) in [6, 6.07) is 53.9. The normalized spacial score (nSPS) is 13.4. The maximum Gasteiger partial charge on any atom is 0.258 e. The second-order valence-electron chi connectivity index (χ2n) is 29.2. The van der Waals surface area contributed by atoms with Gasteiger partial charge < -0.3 is 67.6 Å². The van der Waals surface area contributed by atoms with E-state index in [0.717, 1.165) is 99.6 Å². The van der Waals surface area contributed by atoms with Crippen LogP contribution in [0.2, 0.25) is 20.1 Å². The van der Waals surface area contributed by atoms with Crippen molar-refractivity contribution in [3.05, 3.63) is 245 Å². The Morgan fingerprint density at radius 1 is 0.492 bits per heavy atom. The van der Waals surface area contributed by atoms with Gasteiger partial charge in [0, 0.05) is 101 Å². The Balaban J connectivity index is 0.000000123. The molecule has 2 saturated heterocycles. The third-order valence-corrected chi connectivity index (χ3v) is 22.3. The van der Waals surface area contributed by atoms with Gasteiger partial charge in [-0.2, -0.15) is 40.0 Å². The molecule has 2 aliphatic heterocycles. The molecule has 36 nitrogen and oxygen atoms in total. The summed E-state index contributed by atoms with van der Waals surface area (Å²) in [6.07, 6.45) is 11.5. The molecule has 0 saturated carbocycles. The monoisotopic (exact) mass is 1800 g/mol. The van der Waals surface area contributed by atoms with Crippen molar-refractivity contribution in [1.29, 1.82) is 0 Å². The fourth-order valence-corrected chi connectivity index (χ4v) is 15.1. The number of methoxy groups -OCH3 is 1. The smallest absolute Gasteiger partial charge is 0.258 e. The first-order chi connectivity index (χ1) is 62.4. The zero-order chi connectivity index (χ0) is 88.3. The number of halogens is 5. The summed E-state index contributed by atoms with van der Waals surface area (Å²) in [5.41, 5.74) is 16.5. The Bertz CT molecular complexity index is 6990. The lowest BCUT2D eigenvalue weighted by atomic mass is 10.1. The molecule has 2 aliphatic rings. The first-order valence-corrected chi connectivity index (χ1v) is 41.5. The number of hydrogen-bond donors (Lipinski definition) is 14. The standard InChI is InChI=1S/C28H27ClN8O3.C27H25ClN8O2.C17H15ClFN7.C15H12ClN7O/c1-39-24-13-17(7-10-23(24)40-16-25(38)32-18-11-12-30-14-18)27-34-28(37(36-27)19-5-3-2-4-6-19)33-22-9-8-21-20(26(22)29)15-31-35-21;28-25-21-15-30-33-22(21)10-11-23(25)32-27-35-34-26(36(27)19-4-2-1-3-5-19)17-6-8-20(9-7-17)38-16-24(37)31-18-12-13-29-14-18;1-26-17(22-14-5-4-13-11(15(14)18)8-21-24-13)23-16(25-26)9-2-3-10(7-20)12(19)6-9;1-23-15(20-14(22-23)8-4-9(24)6-17-5-8)19-12-3-2-11-10(13(12)16)7-18-21-11/h2-10,13,15,18,30H,11-12,14,16H2,1H3,(H,31,35)(H,32,38)(H,33,34,36);1-11,15,18,29H,12-14,16H2,(H,30,33)(H,31,37)(H,32,35);2-6,8H,7,20H2,1H3,(H,21,24)(H,22,23,25);2-7,24H,1H3,(H,18,21)(H,19,20,22). The van der Waals surface area contributed by atoms with Crippen LogP contribution in [0.25, 0.3) is 101 Å². The number of hydrogen-bond acceptors (Lipinski definition) is 26. The van der Waals surface area contributed by atoms with Crippen LogP contribution in [0.15, 0.2) is 213 Å². The third kappa shape index (κ3) is 19.2. The minimum atomic E-state index is -0.375. The Morgan fingerprint density at radius 3 is 1.45 bits per heavy atom. The third-order valence-electron chi connectivity index (χ3n) is 20.7. The average Bonchev–Trinajstić information content (AvgIpc) is 1.63. The number of pyridine rings is 1. The molecule has 128 heavy (non-hydrogen) atoms. The molecular weight excluding hydrogens is 1720 g/mol. The number of rotatable bonds is 24. The van der Waals surface area contributed by atoms with Gasteiger partial charge in [0.25, 0.3) is 11.8 Å². The molecule has 2 fully saturated rings. The van der Waals surface area contributed by atoms with Gasteiger partial charge in [0.1, 0.15) is 17.3 Å². The van der Waals surface area contributed by atoms with E-state index < -0.39 is 0 Å². The van der Waals surface area contributed by atoms with Gasteiger partial charge in [-0.05, 0) is 153 Å². The highest BCUT2D eigenvalue weighted by atomic mass is 35.5. The number of aryl methyl sites for hydroxylation is 2. The minimum absolute atomic E-state index is 0.0358. The Hall–Kier alpha value is -15.1. The number of aromatic amines is 4. The highest BCUT2D eigenvalue weighted by Gasteiger charge is 2.25. The van der Waals surface area contributed by atoms with Gasteiger partial charge >= 0.3 is 0 Å². The van der Waals surface area contributed by atoms with E-state index >= 15 is 0 Å². The number of fused-ring (bicyclic) bond motifs is 4. The number of para-hydroxylation sites is 2. The molecule has 0 spiro atoms. The fraction of sp³-hybridized carbons (Fsp3) is 0.161. The van der Waals surface area contributed by atoms with E-state index in [4.69, 9.17) is 76.4 Å². The van der Waals surface area contributed by atoms with E-state index in [-0.39, 0.29) is 55.2 Å². The molecule has 2 amide bonds. The number of H-pyrrole nitrogens is 4. The van der Waals surface area contributed by atoms with E-state index in [1.807, 2.05) is 144 Å². The van der Waals surface area contributed by atoms with Gasteiger partial charge in [0.15, 0.2) is 48.0 Å². The van der Waals surface area contributed by atoms with E-state index in [1.54, 1.807) is 96.6 Å². The number of amides is 2. The second kappa shape index (κ2) is 38.6. The molecule has 9 aromatic carbocycles. The van der Waals surface area contributed by atoms with Crippen molar-refractivity contribution in [3.63, 3.8) is 0 Å². The van der Waals surface area contributed by atoms with Gasteiger partial charge in [-0.25, -0.2) is 13.8 Å². The van der Waals surface area contributed by atoms with Crippen LogP contribution < -0.4 is 62.5 Å². The second-order valence-corrected chi connectivity index (χ2v) is 30.8. The molecule has 15 N–H and O–H groups in total. The number of carbonyl (C=O) groups excluding carboxylic acids is 2. The number of aromatic nitrogens is 21. The highest BCUT2D eigenvalue weighted by Crippen LogP contribution is 2.40. The van der Waals surface area contributed by atoms with Crippen LogP contribution in [0.3, 0.4) is 0 Å². The van der Waals surface area contributed by atoms with Gasteiger partial charge in [-0.1, -0.05) is 94.9 Å². The molecule has 2 unspecified atom stereocenters. The molecule has 18 aromatic rings. The van der Waals surface area contributed by atoms with Crippen LogP contribution in [0.5, 0.6) is 23.0 Å². The summed E-state index contributed by atoms with van der Waals surface area (Å²) in [6.45, 7) is 3.39. The molecule has 648 valence electrons. The maximum atomic E-state index is 14.0. The minimum Gasteiger partial charge on any atom is -0.506 e. The SMILES string of the molecule is COc1cc(-c2nc(Nc3ccc4[nH]ncc4c3Cl)n(-c3ccccc3)n2)ccc1OCC(=O)NC1CCNC1.Cn1nc(-c2ccc(CN)c(F)c2)nc1Nc1ccc2[nH]ncc2c1Cl.Cn1nc(-c2cncc(O)c2)nc1Nc1ccc2[nH]ncc2c1Cl.O=C(COc1ccc(-c2nnc(Nc3ccc4[nH]ncc4c3Cl)n2-c2ccccc2)cc1)NC1CCNC1. The zero-order valence-corrected chi connectivity index (χ0v) is 71.3. The van der Waals surface area contributed by atoms with Crippen molar-refractivity contribution in [2.24, 2.45) is 19.8 Å². The molecule has 11 heterocycles. The molecule has 9 aromatic heterocycles. The van der Waals surface area contributed by atoms with Crippen molar-refractivity contribution in [2.45, 2.75) is 31.5 Å². The number of benzene rings is 9. The molecule has 41 heteroatoms. The Morgan fingerprint density at radius 2 is 0.953 bits per heavy atom. The van der Waals surface area contributed by atoms with E-state index in [2.05, 4.69) is 119 Å². The predicted octanol–water partition coefficient (Wildman–Crippen LogP) is 14.3. The average molecular weight is 1800 g/mol. The van der Waals surface area contributed by atoms with Crippen molar-refractivity contribution in [1.82, 2.24) is 126 Å². The number of carbonyl (C=O) groups is 2. The topological polar surface area (TPSA) is 455 Å². The van der Waals surface area contributed by atoms with Gasteiger partial charge in [0.05, 0.1) is 114 Å². The summed E-state index contributed by atoms with van der Waals surface area (Å²) in [5.74, 6) is 4.81. The van der Waals surface area contributed by atoms with Crippen LogP contribution in [0.1, 0.15) is 18.4 Å². The first kappa shape index (κ1) is 85.1. The van der Waals surface area contributed by atoms with E-state index in [1.165, 1.54) is 12.3 Å². The van der Waals surface area contributed by atoms with Crippen LogP contribution in [-0.4, -0.2) is 180 Å². The number of nitrogens with zero attached hydrogens (tertiary/aromatic N) is 17. The lowest BCUT2D eigenvalue weighted by Crippen LogP contribution is -2.39. The number of anilines is 8. The van der Waals surface area contributed by atoms with E-state index in [9.17, 15) is 19.1 Å². The summed E-state index contributed by atoms with van der Waals surface area (Å²) in [5, 5.41) is 90.3. The number of nitrogens with one attached hydrogen (secondary N) is 12. The van der Waals surface area contributed by atoms with Crippen molar-refractivity contribution in [2.75, 3.05) is 67.8 Å². The molecule has 2 atom stereocenters. The fourth-order valence-electron chi connectivity index (χ4n) is 14.1. The van der Waals surface area contributed by atoms with E-state index in [0.29, 0.717) is 129 Å². The summed E-state index contributed by atoms with van der Waals surface area (Å²) < 4.78 is 37.8. The number of nitrogens with two attached hydrogens (primary N) is 1. The number of ether oxygens (including phenoxy) is 3. The summed E-state index contributed by atoms with van der Waals surface area (Å²) >= 11 is 26.1. The Kier molecular flexibility index (Phi) is 25.6. The summed E-state index contributed by atoms with van der Waals surface area (Å²) in [7, 11) is 5.06. The van der Waals surface area contributed by atoms with Crippen LogP contribution in [-0.2, 0) is 30.2 Å². The van der Waals surface area contributed by atoms with Gasteiger partial charge in [-0.3, -0.25) is 39.5 Å². The lowest BCUT2D eigenvalue weighted by Gasteiger charge is -2.14. The Labute approximate surface area is 746 Å². The van der Waals surface area contributed by atoms with Gasteiger partial charge in [0.2, 0.25) is 23.8 Å². The predicted molar refractivity (Wildman–Crippen MR) is 488 cm³/mol. The van der Waals surface area contributed by atoms with Gasteiger partial charge in [-0.15, -0.1) is 25.5 Å². The lowest BCUT2D eigenvalue weighted by molar-refractivity contribution is -0.124. The molecule has 0 radical (unpaired) electrons. The largest absolute Gasteiger partial charge is 0.506 e. The van der Waals surface area contributed by atoms with Crippen molar-refractivity contribution in [3.8, 4) is 79.9 Å². The van der Waals surface area contributed by atoms with Crippen LogP contribution >= 0.6 is 46.4 Å². The zero-order valence-electron chi connectivity index (χ0n) is 68.3.